The van der Waals surface area contributed by atoms with Crippen molar-refractivity contribution in [3.05, 3.63) is 93.3 Å². The minimum atomic E-state index is -0.917. The fraction of sp³-hybridized carbons (Fsp3) is 0.286. The molecule has 0 fully saturated rings. The lowest BCUT2D eigenvalue weighted by molar-refractivity contribution is -0.122. The maximum atomic E-state index is 14.6. The quantitative estimate of drug-likeness (QED) is 0.420. The Balaban J connectivity index is 1.58. The number of carbonyl (C=O) groups excluding carboxylic acids is 2. The maximum Gasteiger partial charge on any atom is 0.251 e. The van der Waals surface area contributed by atoms with Gasteiger partial charge in [-0.15, -0.1) is 0 Å². The number of aliphatic hydroxyl groups excluding tert-OH is 1. The van der Waals surface area contributed by atoms with E-state index in [0.717, 1.165) is 12.1 Å². The Kier molecular flexibility index (Phi) is 7.71. The highest BCUT2D eigenvalue weighted by atomic mass is 35.5. The van der Waals surface area contributed by atoms with E-state index in [4.69, 9.17) is 16.7 Å². The molecule has 0 spiro atoms. The first kappa shape index (κ1) is 27.5. The molecular weight excluding hydrogens is 519 g/mol. The third-order valence-electron chi connectivity index (χ3n) is 6.81. The summed E-state index contributed by atoms with van der Waals surface area (Å²) < 4.78 is 43.7. The maximum absolute atomic E-state index is 14.6. The molecule has 1 heterocycles. The monoisotopic (exact) mass is 545 g/mol. The van der Waals surface area contributed by atoms with Gasteiger partial charge in [0.2, 0.25) is 5.91 Å². The van der Waals surface area contributed by atoms with Crippen LogP contribution in [0, 0.1) is 17.5 Å². The summed E-state index contributed by atoms with van der Waals surface area (Å²) in [5.74, 6) is -3.10. The molecule has 3 aromatic carbocycles. The Labute approximate surface area is 223 Å². The van der Waals surface area contributed by atoms with Crippen molar-refractivity contribution < 1.29 is 27.9 Å². The first-order valence-electron chi connectivity index (χ1n) is 11.9. The second-order valence-corrected chi connectivity index (χ2v) is 10.1. The van der Waals surface area contributed by atoms with Gasteiger partial charge in [0.25, 0.3) is 5.91 Å². The molecule has 0 aromatic heterocycles. The van der Waals surface area contributed by atoms with Crippen LogP contribution in [0.3, 0.4) is 0 Å². The van der Waals surface area contributed by atoms with Crippen molar-refractivity contribution in [1.82, 2.24) is 5.32 Å². The molecule has 2 N–H and O–H groups in total. The van der Waals surface area contributed by atoms with E-state index in [-0.39, 0.29) is 53.0 Å². The third kappa shape index (κ3) is 5.08. The Morgan fingerprint density at radius 2 is 1.74 bits per heavy atom. The number of nitrogens with one attached hydrogen (secondary N) is 1. The number of aliphatic hydroxyl groups is 1. The summed E-state index contributed by atoms with van der Waals surface area (Å²) in [6.07, 6.45) is 0. The predicted molar refractivity (Wildman–Crippen MR) is 140 cm³/mol. The number of amides is 2. The molecule has 6 nitrogen and oxygen atoms in total. The molecule has 1 aliphatic rings. The number of carbonyl (C=O) groups is 2. The van der Waals surface area contributed by atoms with Gasteiger partial charge >= 0.3 is 0 Å². The number of halogens is 4. The first-order chi connectivity index (χ1) is 17.9. The van der Waals surface area contributed by atoms with Gasteiger partial charge in [-0.05, 0) is 55.8 Å². The van der Waals surface area contributed by atoms with Crippen LogP contribution in [-0.4, -0.2) is 37.1 Å². The van der Waals surface area contributed by atoms with Gasteiger partial charge in [-0.25, -0.2) is 13.2 Å². The Morgan fingerprint density at radius 3 is 2.37 bits per heavy atom. The Hall–Kier alpha value is -3.56. The number of hydrogen-bond acceptors (Lipinski definition) is 4. The number of nitrogens with zero attached hydrogens (tertiary/aromatic N) is 2. The van der Waals surface area contributed by atoms with Gasteiger partial charge in [0.1, 0.15) is 17.5 Å². The molecule has 0 bridgehead atoms. The van der Waals surface area contributed by atoms with Crippen LogP contribution in [0.5, 0.6) is 0 Å². The Bertz CT molecular complexity index is 1370. The number of hydrogen-bond donors (Lipinski definition) is 2. The van der Waals surface area contributed by atoms with Crippen LogP contribution in [0.2, 0.25) is 5.02 Å². The minimum Gasteiger partial charge on any atom is -0.395 e. The summed E-state index contributed by atoms with van der Waals surface area (Å²) in [7, 11) is 1.59. The van der Waals surface area contributed by atoms with E-state index in [1.807, 2.05) is 0 Å². The number of likely N-dealkylation sites (N-methyl/N-ethyl adjacent to an activating group) is 1. The van der Waals surface area contributed by atoms with Gasteiger partial charge < -0.3 is 20.2 Å². The molecule has 0 saturated carbocycles. The lowest BCUT2D eigenvalue weighted by atomic mass is 9.86. The normalized spacial score (nSPS) is 14.0. The fourth-order valence-electron chi connectivity index (χ4n) is 4.51. The van der Waals surface area contributed by atoms with Crippen molar-refractivity contribution in [2.45, 2.75) is 32.4 Å². The van der Waals surface area contributed by atoms with Crippen molar-refractivity contribution in [2.24, 2.45) is 0 Å². The van der Waals surface area contributed by atoms with E-state index in [1.54, 1.807) is 27.0 Å². The number of rotatable bonds is 8. The zero-order chi connectivity index (χ0) is 27.8. The second kappa shape index (κ2) is 10.7. The molecule has 0 aliphatic carbocycles. The fourth-order valence-corrected chi connectivity index (χ4v) is 4.74. The number of benzene rings is 3. The highest BCUT2D eigenvalue weighted by molar-refractivity contribution is 6.31. The van der Waals surface area contributed by atoms with Crippen molar-refractivity contribution in [2.75, 3.05) is 30.0 Å². The van der Waals surface area contributed by atoms with Gasteiger partial charge in [0.15, 0.2) is 0 Å². The number of anilines is 2. The van der Waals surface area contributed by atoms with Crippen molar-refractivity contribution in [3.63, 3.8) is 0 Å². The summed E-state index contributed by atoms with van der Waals surface area (Å²) in [4.78, 5) is 29.1. The smallest absolute Gasteiger partial charge is 0.251 e. The summed E-state index contributed by atoms with van der Waals surface area (Å²) in [5, 5.41) is 11.7. The van der Waals surface area contributed by atoms with Crippen LogP contribution in [0.4, 0.5) is 24.5 Å². The lowest BCUT2D eigenvalue weighted by Crippen LogP contribution is -2.36. The van der Waals surface area contributed by atoms with Crippen LogP contribution in [0.1, 0.15) is 40.9 Å². The van der Waals surface area contributed by atoms with Gasteiger partial charge in [0, 0.05) is 53.2 Å². The molecule has 3 aromatic rings. The topological polar surface area (TPSA) is 72.9 Å². The Morgan fingerprint density at radius 1 is 1.05 bits per heavy atom. The molecule has 10 heteroatoms. The largest absolute Gasteiger partial charge is 0.395 e. The SMILES string of the molecule is CN(CCO)c1cc(F)c(CNC(=O)c2ccc3c(c2)N(Cc2c(F)cccc2Cl)C(=O)C3(C)C)c(F)c1. The van der Waals surface area contributed by atoms with Crippen LogP contribution in [-0.2, 0) is 23.3 Å². The molecule has 200 valence electrons. The van der Waals surface area contributed by atoms with Gasteiger partial charge in [-0.2, -0.15) is 0 Å². The molecular formula is C28H27ClF3N3O3. The van der Waals surface area contributed by atoms with E-state index in [2.05, 4.69) is 5.32 Å². The molecule has 2 amide bonds. The molecule has 1 aliphatic heterocycles. The molecule has 38 heavy (non-hydrogen) atoms. The van der Waals surface area contributed by atoms with Crippen molar-refractivity contribution in [1.29, 1.82) is 0 Å². The van der Waals surface area contributed by atoms with Gasteiger partial charge in [-0.1, -0.05) is 23.7 Å². The lowest BCUT2D eigenvalue weighted by Gasteiger charge is -2.21. The molecule has 0 atom stereocenters. The third-order valence-corrected chi connectivity index (χ3v) is 7.16. The van der Waals surface area contributed by atoms with E-state index >= 15 is 0 Å². The second-order valence-electron chi connectivity index (χ2n) is 9.66. The standard InChI is InChI=1S/C28H27ClF3N3O3/c1-28(2)20-8-7-16(11-25(20)35(27(28)38)15-19-21(29)5-4-6-22(19)30)26(37)33-14-18-23(31)12-17(13-24(18)32)34(3)9-10-36/h4-8,11-13,36H,9-10,14-15H2,1-3H3,(H,33,37). The van der Waals surface area contributed by atoms with Gasteiger partial charge in [0.05, 0.1) is 18.6 Å². The van der Waals surface area contributed by atoms with Gasteiger partial charge in [-0.3, -0.25) is 9.59 Å². The number of fused-ring (bicyclic) bond motifs is 1. The van der Waals surface area contributed by atoms with E-state index in [1.165, 1.54) is 40.1 Å². The highest BCUT2D eigenvalue weighted by Gasteiger charge is 2.44. The summed E-state index contributed by atoms with van der Waals surface area (Å²) in [6.45, 7) is 2.97. The molecule has 0 saturated heterocycles. The zero-order valence-electron chi connectivity index (χ0n) is 21.1. The van der Waals surface area contributed by atoms with E-state index < -0.39 is 35.3 Å². The first-order valence-corrected chi connectivity index (χ1v) is 12.3. The van der Waals surface area contributed by atoms with Crippen LogP contribution < -0.4 is 15.1 Å². The average Bonchev–Trinajstić information content (AvgIpc) is 3.05. The summed E-state index contributed by atoms with van der Waals surface area (Å²) in [5.41, 5.74) is 0.433. The highest BCUT2D eigenvalue weighted by Crippen LogP contribution is 2.43. The average molecular weight is 546 g/mol. The predicted octanol–water partition coefficient (Wildman–Crippen LogP) is 4.94. The van der Waals surface area contributed by atoms with Crippen molar-refractivity contribution in [3.8, 4) is 0 Å². The van der Waals surface area contributed by atoms with Crippen LogP contribution >= 0.6 is 11.6 Å². The summed E-state index contributed by atoms with van der Waals surface area (Å²) in [6, 6.07) is 11.2. The van der Waals surface area contributed by atoms with E-state index in [0.29, 0.717) is 11.3 Å². The van der Waals surface area contributed by atoms with Crippen LogP contribution in [0.25, 0.3) is 0 Å². The molecule has 4 rings (SSSR count). The van der Waals surface area contributed by atoms with Crippen molar-refractivity contribution >= 4 is 34.8 Å². The molecule has 0 unspecified atom stereocenters. The minimum absolute atomic E-state index is 0.126. The zero-order valence-corrected chi connectivity index (χ0v) is 21.9. The van der Waals surface area contributed by atoms with Crippen LogP contribution in [0.15, 0.2) is 48.5 Å². The molecule has 0 radical (unpaired) electrons. The summed E-state index contributed by atoms with van der Waals surface area (Å²) >= 11 is 6.19. The van der Waals surface area contributed by atoms with E-state index in [9.17, 15) is 22.8 Å².